The lowest BCUT2D eigenvalue weighted by Crippen LogP contribution is -2.29. The van der Waals surface area contributed by atoms with Gasteiger partial charge in [0.15, 0.2) is 0 Å². The van der Waals surface area contributed by atoms with Gasteiger partial charge in [0.2, 0.25) is 0 Å². The van der Waals surface area contributed by atoms with E-state index in [0.29, 0.717) is 25.4 Å². The third-order valence-corrected chi connectivity index (χ3v) is 4.31. The maximum atomic E-state index is 11.9. The fourth-order valence-electron chi connectivity index (χ4n) is 3.00. The van der Waals surface area contributed by atoms with Crippen LogP contribution in [0.3, 0.4) is 0 Å². The Morgan fingerprint density at radius 2 is 2.04 bits per heavy atom. The van der Waals surface area contributed by atoms with E-state index in [1.807, 2.05) is 0 Å². The number of nitrogens with zero attached hydrogens (tertiary/aromatic N) is 1. The second kappa shape index (κ2) is 7.86. The van der Waals surface area contributed by atoms with Crippen LogP contribution >= 0.6 is 0 Å². The highest BCUT2D eigenvalue weighted by Crippen LogP contribution is 2.21. The predicted molar refractivity (Wildman–Crippen MR) is 93.3 cm³/mol. The average molecular weight is 329 g/mol. The molecule has 2 aliphatic rings. The second-order valence-corrected chi connectivity index (χ2v) is 6.05. The molecule has 2 N–H and O–H groups in total. The van der Waals surface area contributed by atoms with Gasteiger partial charge in [0.1, 0.15) is 6.61 Å². The van der Waals surface area contributed by atoms with Gasteiger partial charge in [0.05, 0.1) is 6.54 Å². The summed E-state index contributed by atoms with van der Waals surface area (Å²) in [4.78, 5) is 25.0. The van der Waals surface area contributed by atoms with Crippen molar-refractivity contribution in [2.75, 3.05) is 29.9 Å². The minimum absolute atomic E-state index is 0.209. The first-order chi connectivity index (χ1) is 11.7. The molecule has 3 amide bonds. The van der Waals surface area contributed by atoms with Crippen molar-refractivity contribution in [3.63, 3.8) is 0 Å². The smallest absolute Gasteiger partial charge is 0.414 e. The molecule has 24 heavy (non-hydrogen) atoms. The number of ether oxygens (including phenoxy) is 1. The predicted octanol–water partition coefficient (Wildman–Crippen LogP) is 3.66. The third-order valence-electron chi connectivity index (χ3n) is 4.31. The van der Waals surface area contributed by atoms with Gasteiger partial charge in [-0.2, -0.15) is 0 Å². The first kappa shape index (κ1) is 16.4. The summed E-state index contributed by atoms with van der Waals surface area (Å²) in [6, 6.07) is 6.96. The number of hydrogen-bond donors (Lipinski definition) is 2. The molecule has 0 atom stereocenters. The maximum Gasteiger partial charge on any atom is 0.414 e. The topological polar surface area (TPSA) is 70.7 Å². The van der Waals surface area contributed by atoms with Crippen LogP contribution < -0.4 is 15.5 Å². The maximum absolute atomic E-state index is 11.9. The van der Waals surface area contributed by atoms with Crippen molar-refractivity contribution in [2.45, 2.75) is 32.1 Å². The number of urea groups is 1. The van der Waals surface area contributed by atoms with E-state index in [-0.39, 0.29) is 12.1 Å². The molecule has 128 valence electrons. The van der Waals surface area contributed by atoms with Crippen LogP contribution in [0.2, 0.25) is 0 Å². The number of rotatable bonds is 5. The van der Waals surface area contributed by atoms with Crippen LogP contribution in [0.1, 0.15) is 32.1 Å². The average Bonchev–Trinajstić information content (AvgIpc) is 3.03. The monoisotopic (exact) mass is 329 g/mol. The quantitative estimate of drug-likeness (QED) is 0.810. The van der Waals surface area contributed by atoms with Gasteiger partial charge < -0.3 is 15.4 Å². The molecule has 1 aliphatic heterocycles. The van der Waals surface area contributed by atoms with Crippen molar-refractivity contribution >= 4 is 23.5 Å². The molecular weight excluding hydrogens is 306 g/mol. The molecule has 1 saturated heterocycles. The molecule has 0 unspecified atom stereocenters. The number of nitrogens with one attached hydrogen (secondary N) is 2. The highest BCUT2D eigenvalue weighted by Gasteiger charge is 2.23. The fraction of sp³-hybridized carbons (Fsp3) is 0.444. The van der Waals surface area contributed by atoms with Crippen LogP contribution in [0.5, 0.6) is 0 Å². The Morgan fingerprint density at radius 3 is 2.71 bits per heavy atom. The standard InChI is InChI=1S/C18H23N3O3/c22-17(19-11-10-14-4-2-1-3-5-14)20-15-6-8-16(9-7-15)21-12-13-24-18(21)23/h4,6-9H,1-3,5,10-13H2,(H2,19,20,22). The number of allylic oxidation sites excluding steroid dienone is 1. The summed E-state index contributed by atoms with van der Waals surface area (Å²) in [7, 11) is 0. The molecule has 1 aliphatic carbocycles. The molecule has 6 nitrogen and oxygen atoms in total. The number of anilines is 2. The molecule has 0 radical (unpaired) electrons. The highest BCUT2D eigenvalue weighted by atomic mass is 16.6. The SMILES string of the molecule is O=C(NCCC1=CCCCC1)Nc1ccc(N2CCOC2=O)cc1. The highest BCUT2D eigenvalue weighted by molar-refractivity contribution is 5.91. The van der Waals surface area contributed by atoms with E-state index >= 15 is 0 Å². The van der Waals surface area contributed by atoms with Gasteiger partial charge >= 0.3 is 12.1 Å². The summed E-state index contributed by atoms with van der Waals surface area (Å²) >= 11 is 0. The number of benzene rings is 1. The molecule has 0 spiro atoms. The first-order valence-electron chi connectivity index (χ1n) is 8.49. The molecule has 1 aromatic carbocycles. The summed E-state index contributed by atoms with van der Waals surface area (Å²) in [5, 5.41) is 5.68. The minimum atomic E-state index is -0.328. The van der Waals surface area contributed by atoms with Gasteiger partial charge in [0.25, 0.3) is 0 Å². The summed E-state index contributed by atoms with van der Waals surface area (Å²) < 4.78 is 4.91. The van der Waals surface area contributed by atoms with Gasteiger partial charge in [0, 0.05) is 17.9 Å². The van der Waals surface area contributed by atoms with Crippen molar-refractivity contribution < 1.29 is 14.3 Å². The summed E-state index contributed by atoms with van der Waals surface area (Å²) in [6.07, 6.45) is 7.75. The summed E-state index contributed by atoms with van der Waals surface area (Å²) in [6.45, 7) is 1.62. The zero-order valence-corrected chi connectivity index (χ0v) is 13.7. The Morgan fingerprint density at radius 1 is 1.21 bits per heavy atom. The zero-order valence-electron chi connectivity index (χ0n) is 13.7. The Bertz CT molecular complexity index is 625. The van der Waals surface area contributed by atoms with Crippen LogP contribution in [0, 0.1) is 0 Å². The summed E-state index contributed by atoms with van der Waals surface area (Å²) in [5.41, 5.74) is 2.91. The molecule has 0 aromatic heterocycles. The van der Waals surface area contributed by atoms with Crippen molar-refractivity contribution in [3.8, 4) is 0 Å². The third kappa shape index (κ3) is 4.28. The number of cyclic esters (lactones) is 1. The Balaban J connectivity index is 1.44. The lowest BCUT2D eigenvalue weighted by molar-refractivity contribution is 0.181. The number of amides is 3. The van der Waals surface area contributed by atoms with Gasteiger partial charge in [-0.25, -0.2) is 9.59 Å². The van der Waals surface area contributed by atoms with Crippen molar-refractivity contribution in [2.24, 2.45) is 0 Å². The number of carbonyl (C=O) groups is 2. The Labute approximate surface area is 141 Å². The van der Waals surface area contributed by atoms with E-state index in [4.69, 9.17) is 4.74 Å². The van der Waals surface area contributed by atoms with Crippen LogP contribution in [-0.4, -0.2) is 31.8 Å². The second-order valence-electron chi connectivity index (χ2n) is 6.05. The van der Waals surface area contributed by atoms with Gasteiger partial charge in [-0.05, 0) is 56.4 Å². The Hall–Kier alpha value is -2.50. The molecule has 1 fully saturated rings. The van der Waals surface area contributed by atoms with E-state index < -0.39 is 0 Å². The molecule has 3 rings (SSSR count). The lowest BCUT2D eigenvalue weighted by Gasteiger charge is -2.14. The van der Waals surface area contributed by atoms with Crippen molar-refractivity contribution in [1.29, 1.82) is 0 Å². The molecule has 0 saturated carbocycles. The van der Waals surface area contributed by atoms with Gasteiger partial charge in [-0.1, -0.05) is 11.6 Å². The van der Waals surface area contributed by atoms with E-state index in [9.17, 15) is 9.59 Å². The van der Waals surface area contributed by atoms with Crippen LogP contribution in [-0.2, 0) is 4.74 Å². The van der Waals surface area contributed by atoms with Crippen molar-refractivity contribution in [3.05, 3.63) is 35.9 Å². The van der Waals surface area contributed by atoms with Crippen LogP contribution in [0.4, 0.5) is 21.0 Å². The molecular formula is C18H23N3O3. The molecule has 6 heteroatoms. The molecule has 1 aromatic rings. The zero-order chi connectivity index (χ0) is 16.8. The first-order valence-corrected chi connectivity index (χ1v) is 8.49. The van der Waals surface area contributed by atoms with Gasteiger partial charge in [-0.3, -0.25) is 4.90 Å². The lowest BCUT2D eigenvalue weighted by atomic mass is 9.97. The summed E-state index contributed by atoms with van der Waals surface area (Å²) in [5.74, 6) is 0. The Kier molecular flexibility index (Phi) is 5.36. The van der Waals surface area contributed by atoms with E-state index in [0.717, 1.165) is 18.5 Å². The van der Waals surface area contributed by atoms with Gasteiger partial charge in [-0.15, -0.1) is 0 Å². The number of carbonyl (C=O) groups excluding carboxylic acids is 2. The molecule has 0 bridgehead atoms. The van der Waals surface area contributed by atoms with E-state index in [1.165, 1.54) is 24.8 Å². The van der Waals surface area contributed by atoms with E-state index in [2.05, 4.69) is 16.7 Å². The number of hydrogen-bond acceptors (Lipinski definition) is 3. The normalized spacial score (nSPS) is 17.2. The largest absolute Gasteiger partial charge is 0.447 e. The minimum Gasteiger partial charge on any atom is -0.447 e. The van der Waals surface area contributed by atoms with Crippen LogP contribution in [0.15, 0.2) is 35.9 Å². The van der Waals surface area contributed by atoms with Crippen LogP contribution in [0.25, 0.3) is 0 Å². The molecule has 1 heterocycles. The van der Waals surface area contributed by atoms with E-state index in [1.54, 1.807) is 29.2 Å². The van der Waals surface area contributed by atoms with Crippen molar-refractivity contribution in [1.82, 2.24) is 5.32 Å². The fourth-order valence-corrected chi connectivity index (χ4v) is 3.00.